The molecule has 8 heteroatoms. The van der Waals surface area contributed by atoms with E-state index < -0.39 is 27.6 Å². The summed E-state index contributed by atoms with van der Waals surface area (Å²) in [4.78, 5) is 18.1. The van der Waals surface area contributed by atoms with Gasteiger partial charge in [-0.3, -0.25) is 9.52 Å². The molecule has 0 radical (unpaired) electrons. The Morgan fingerprint density at radius 3 is 2.73 bits per heavy atom. The van der Waals surface area contributed by atoms with Crippen LogP contribution in [0.3, 0.4) is 0 Å². The van der Waals surface area contributed by atoms with Crippen LogP contribution in [0, 0.1) is 17.2 Å². The van der Waals surface area contributed by atoms with Crippen LogP contribution in [0.25, 0.3) is 10.4 Å². The van der Waals surface area contributed by atoms with E-state index in [-0.39, 0.29) is 5.92 Å². The molecule has 1 aromatic heterocycles. The van der Waals surface area contributed by atoms with Crippen molar-refractivity contribution in [3.05, 3.63) is 41.5 Å². The second-order valence-electron chi connectivity index (χ2n) is 6.31. The molecule has 0 bridgehead atoms. The van der Waals surface area contributed by atoms with Crippen molar-refractivity contribution in [2.75, 3.05) is 5.75 Å². The molecule has 1 aromatic carbocycles. The van der Waals surface area contributed by atoms with Crippen LogP contribution < -0.4 is 4.72 Å². The molecule has 3 rings (SSSR count). The Bertz CT molecular complexity index is 917. The largest absolute Gasteiger partial charge is 0.274 e. The van der Waals surface area contributed by atoms with E-state index in [0.29, 0.717) is 6.42 Å². The van der Waals surface area contributed by atoms with Gasteiger partial charge in [-0.25, -0.2) is 13.4 Å². The zero-order valence-corrected chi connectivity index (χ0v) is 15.7. The Morgan fingerprint density at radius 2 is 2.00 bits per heavy atom. The first-order valence-corrected chi connectivity index (χ1v) is 10.9. The molecule has 2 aromatic rings. The highest BCUT2D eigenvalue weighted by molar-refractivity contribution is 7.90. The molecule has 0 spiro atoms. The molecule has 2 atom stereocenters. The van der Waals surface area contributed by atoms with Gasteiger partial charge < -0.3 is 0 Å². The van der Waals surface area contributed by atoms with Crippen LogP contribution in [-0.4, -0.2) is 25.1 Å². The number of nitrogens with one attached hydrogen (secondary N) is 1. The quantitative estimate of drug-likeness (QED) is 0.847. The van der Waals surface area contributed by atoms with E-state index in [0.717, 1.165) is 34.7 Å². The standard InChI is InChI=1S/C18H19N3O3S2/c19-10-11-26(23,24)21-17(22)14-8-4-5-9-15(14)18-20-12-16(25-18)13-6-2-1-3-7-13/h1-3,6-7,12,14-15H,4-5,8-9,11H2,(H,21,22). The van der Waals surface area contributed by atoms with Gasteiger partial charge in [-0.05, 0) is 18.4 Å². The average Bonchev–Trinajstić information content (AvgIpc) is 3.12. The highest BCUT2D eigenvalue weighted by Gasteiger charge is 2.35. The van der Waals surface area contributed by atoms with Crippen LogP contribution in [0.2, 0.25) is 0 Å². The molecule has 136 valence electrons. The Balaban J connectivity index is 1.80. The number of nitriles is 1. The number of carbonyl (C=O) groups excluding carboxylic acids is 1. The van der Waals surface area contributed by atoms with Gasteiger partial charge in [-0.2, -0.15) is 5.26 Å². The molecule has 1 heterocycles. The number of hydrogen-bond donors (Lipinski definition) is 1. The summed E-state index contributed by atoms with van der Waals surface area (Å²) in [6.45, 7) is 0. The second kappa shape index (κ2) is 7.98. The molecule has 1 N–H and O–H groups in total. The molecule has 6 nitrogen and oxygen atoms in total. The number of sulfonamides is 1. The number of thiazole rings is 1. The van der Waals surface area contributed by atoms with Gasteiger partial charge in [0.25, 0.3) is 0 Å². The van der Waals surface area contributed by atoms with Crippen molar-refractivity contribution >= 4 is 27.3 Å². The SMILES string of the molecule is N#CCS(=O)(=O)NC(=O)C1CCCCC1c1ncc(-c2ccccc2)s1. The van der Waals surface area contributed by atoms with Crippen molar-refractivity contribution in [1.29, 1.82) is 5.26 Å². The maximum absolute atomic E-state index is 12.5. The summed E-state index contributed by atoms with van der Waals surface area (Å²) < 4.78 is 25.5. The maximum atomic E-state index is 12.5. The molecular weight excluding hydrogens is 370 g/mol. The van der Waals surface area contributed by atoms with Crippen molar-refractivity contribution in [2.45, 2.75) is 31.6 Å². The van der Waals surface area contributed by atoms with E-state index in [1.807, 2.05) is 36.5 Å². The van der Waals surface area contributed by atoms with Crippen molar-refractivity contribution < 1.29 is 13.2 Å². The van der Waals surface area contributed by atoms with E-state index >= 15 is 0 Å². The first-order chi connectivity index (χ1) is 12.5. The smallest absolute Gasteiger partial charge is 0.248 e. The number of rotatable bonds is 5. The van der Waals surface area contributed by atoms with Crippen molar-refractivity contribution in [3.8, 4) is 16.5 Å². The van der Waals surface area contributed by atoms with Gasteiger partial charge in [0.1, 0.15) is 0 Å². The minimum Gasteiger partial charge on any atom is -0.274 e. The third kappa shape index (κ3) is 4.29. The van der Waals surface area contributed by atoms with E-state index in [2.05, 4.69) is 9.71 Å². The fraction of sp³-hybridized carbons (Fsp3) is 0.389. The molecule has 26 heavy (non-hydrogen) atoms. The Kier molecular flexibility index (Phi) is 5.69. The predicted molar refractivity (Wildman–Crippen MR) is 99.8 cm³/mol. The van der Waals surface area contributed by atoms with Gasteiger partial charge in [0, 0.05) is 18.0 Å². The minimum atomic E-state index is -3.90. The van der Waals surface area contributed by atoms with E-state index in [9.17, 15) is 13.2 Å². The summed E-state index contributed by atoms with van der Waals surface area (Å²) in [7, 11) is -3.90. The molecule has 2 unspecified atom stereocenters. The van der Waals surface area contributed by atoms with Crippen LogP contribution in [0.5, 0.6) is 0 Å². The van der Waals surface area contributed by atoms with Crippen LogP contribution in [-0.2, 0) is 14.8 Å². The fourth-order valence-corrected chi connectivity index (χ4v) is 5.11. The molecule has 0 aliphatic heterocycles. The molecule has 1 amide bonds. The summed E-state index contributed by atoms with van der Waals surface area (Å²) in [6.07, 6.45) is 5.10. The normalized spacial score (nSPS) is 20.3. The zero-order valence-electron chi connectivity index (χ0n) is 14.1. The van der Waals surface area contributed by atoms with E-state index in [4.69, 9.17) is 5.26 Å². The van der Waals surface area contributed by atoms with Crippen molar-refractivity contribution in [3.63, 3.8) is 0 Å². The number of benzene rings is 1. The summed E-state index contributed by atoms with van der Waals surface area (Å²) in [5.41, 5.74) is 1.07. The van der Waals surface area contributed by atoms with Gasteiger partial charge in [0.15, 0.2) is 5.75 Å². The molecular formula is C18H19N3O3S2. The van der Waals surface area contributed by atoms with Crippen LogP contribution in [0.4, 0.5) is 0 Å². The highest BCUT2D eigenvalue weighted by Crippen LogP contribution is 2.41. The Labute approximate surface area is 156 Å². The topological polar surface area (TPSA) is 99.9 Å². The van der Waals surface area contributed by atoms with Gasteiger partial charge in [0.05, 0.1) is 16.0 Å². The van der Waals surface area contributed by atoms with Gasteiger partial charge in [-0.1, -0.05) is 43.2 Å². The summed E-state index contributed by atoms with van der Waals surface area (Å²) in [5.74, 6) is -1.78. The third-order valence-corrected chi connectivity index (χ3v) is 6.71. The number of amides is 1. The lowest BCUT2D eigenvalue weighted by Crippen LogP contribution is -2.40. The second-order valence-corrected chi connectivity index (χ2v) is 9.09. The zero-order chi connectivity index (χ0) is 18.6. The third-order valence-electron chi connectivity index (χ3n) is 4.51. The Morgan fingerprint density at radius 1 is 1.27 bits per heavy atom. The molecule has 1 aliphatic rings. The van der Waals surface area contributed by atoms with Crippen LogP contribution >= 0.6 is 11.3 Å². The van der Waals surface area contributed by atoms with E-state index in [1.54, 1.807) is 17.4 Å². The first kappa shape index (κ1) is 18.5. The number of aromatic nitrogens is 1. The lowest BCUT2D eigenvalue weighted by Gasteiger charge is -2.28. The first-order valence-electron chi connectivity index (χ1n) is 8.42. The van der Waals surface area contributed by atoms with E-state index in [1.165, 1.54) is 0 Å². The highest BCUT2D eigenvalue weighted by atomic mass is 32.2. The summed E-state index contributed by atoms with van der Waals surface area (Å²) in [6, 6.07) is 11.5. The van der Waals surface area contributed by atoms with Gasteiger partial charge in [0.2, 0.25) is 15.9 Å². The minimum absolute atomic E-state index is 0.0940. The number of nitrogens with zero attached hydrogens (tertiary/aromatic N) is 2. The fourth-order valence-electron chi connectivity index (χ4n) is 3.29. The van der Waals surface area contributed by atoms with Crippen LogP contribution in [0.15, 0.2) is 36.5 Å². The monoisotopic (exact) mass is 389 g/mol. The molecule has 1 fully saturated rings. The average molecular weight is 390 g/mol. The molecule has 1 aliphatic carbocycles. The maximum Gasteiger partial charge on any atom is 0.248 e. The summed E-state index contributed by atoms with van der Waals surface area (Å²) in [5, 5.41) is 9.44. The van der Waals surface area contributed by atoms with Crippen molar-refractivity contribution in [1.82, 2.24) is 9.71 Å². The van der Waals surface area contributed by atoms with Crippen LogP contribution in [0.1, 0.15) is 36.6 Å². The lowest BCUT2D eigenvalue weighted by atomic mass is 9.79. The lowest BCUT2D eigenvalue weighted by molar-refractivity contribution is -0.124. The molecule has 1 saturated carbocycles. The molecule has 0 saturated heterocycles. The van der Waals surface area contributed by atoms with Crippen molar-refractivity contribution in [2.24, 2.45) is 5.92 Å². The predicted octanol–water partition coefficient (Wildman–Crippen LogP) is 3.05. The summed E-state index contributed by atoms with van der Waals surface area (Å²) >= 11 is 1.55. The Hall–Kier alpha value is -2.24. The van der Waals surface area contributed by atoms with Gasteiger partial charge >= 0.3 is 0 Å². The number of carbonyl (C=O) groups is 1. The van der Waals surface area contributed by atoms with Gasteiger partial charge in [-0.15, -0.1) is 11.3 Å². The number of hydrogen-bond acceptors (Lipinski definition) is 6.